The minimum atomic E-state index is -0.735. The Hall–Kier alpha value is -4.72. The second-order valence-corrected chi connectivity index (χ2v) is 30.2. The molecule has 0 radical (unpaired) electrons. The van der Waals surface area contributed by atoms with Crippen LogP contribution in [0.4, 0.5) is 0 Å². The molecule has 2 spiro atoms. The zero-order valence-corrected chi connectivity index (χ0v) is 50.7. The van der Waals surface area contributed by atoms with Crippen LogP contribution in [0.15, 0.2) is 113 Å². The molecule has 83 heavy (non-hydrogen) atoms. The van der Waals surface area contributed by atoms with Crippen molar-refractivity contribution >= 4 is 29.0 Å². The van der Waals surface area contributed by atoms with Crippen molar-refractivity contribution in [1.82, 2.24) is 10.6 Å². The van der Waals surface area contributed by atoms with Gasteiger partial charge in [0, 0.05) is 59.4 Å². The Bertz CT molecular complexity index is 3230. The van der Waals surface area contributed by atoms with Crippen molar-refractivity contribution in [3.63, 3.8) is 0 Å². The number of aliphatic hydroxyl groups excluding tert-OH is 2. The third-order valence-electron chi connectivity index (χ3n) is 26.6. The number of benzene rings is 2. The van der Waals surface area contributed by atoms with Crippen molar-refractivity contribution in [3.8, 4) is 0 Å². The molecule has 2 aromatic carbocycles. The summed E-state index contributed by atoms with van der Waals surface area (Å²) >= 11 is 0. The maximum Gasteiger partial charge on any atom is 0.306 e. The third-order valence-corrected chi connectivity index (χ3v) is 26.6. The molecule has 14 bridgehead atoms. The summed E-state index contributed by atoms with van der Waals surface area (Å²) in [4.78, 5) is 27.3. The fraction of sp³-hybridized carbons (Fsp3) is 0.632. The van der Waals surface area contributed by atoms with Crippen LogP contribution < -0.4 is 21.1 Å². The summed E-state index contributed by atoms with van der Waals surface area (Å²) in [5.74, 6) is 2.15. The summed E-state index contributed by atoms with van der Waals surface area (Å²) in [5.41, 5.74) is 11.1. The van der Waals surface area contributed by atoms with Crippen LogP contribution in [-0.4, -0.2) is 52.4 Å². The first-order chi connectivity index (χ1) is 40.2. The standard InChI is InChI=1S/C76H98N2O5/c1-47-24-30-60(70(82)83)69-66(80)45-76(55-20-9-6-10-21-55)65-44-74-43-62-61(41-49-15-13-19-52(40-49)54-27-31-68(78-46-54)77-38-14-23-58(47)51-16-7-5-8-17-51)59-22-12-11-18-53(59)42-64(62)75(63(65)33-36-73(69,76)4)37-34-67(81)72(3,71(74)75)35-32-56(74)39-48(2)50-25-28-57(79)29-26-50/h11-13,15,18-19,22,27,31-32,40,42-43,48,50-51,55,58,60,64,66-67,69,71,77-78,80-81H,1,5-10,14,16-17,20-21,23-26,28-30,33-39,41,44-46H2,2-4H3,(H,82,83). The minimum Gasteiger partial charge on any atom is -0.481 e. The number of fused-ring (bicyclic) bond motifs is 1. The van der Waals surface area contributed by atoms with Crippen molar-refractivity contribution in [2.24, 2.45) is 80.3 Å². The second-order valence-electron chi connectivity index (χ2n) is 30.2. The highest BCUT2D eigenvalue weighted by molar-refractivity contribution is 5.79. The number of carbonyl (C=O) groups excluding carboxylic acids is 1. The first-order valence-electron chi connectivity index (χ1n) is 33.9. The molecule has 18 rings (SSSR count). The Morgan fingerprint density at radius 2 is 1.60 bits per heavy atom. The van der Waals surface area contributed by atoms with Gasteiger partial charge in [0.15, 0.2) is 0 Å². The van der Waals surface area contributed by atoms with E-state index in [4.69, 9.17) is 6.58 Å². The second kappa shape index (κ2) is 21.6. The van der Waals surface area contributed by atoms with Crippen LogP contribution in [0.2, 0.25) is 0 Å². The number of nitrogens with one attached hydrogen (secondary N) is 2. The maximum absolute atomic E-state index is 14.5. The fourth-order valence-electron chi connectivity index (χ4n) is 22.9. The van der Waals surface area contributed by atoms with E-state index >= 15 is 0 Å². The molecule has 16 aliphatic rings. The van der Waals surface area contributed by atoms with Crippen molar-refractivity contribution in [3.05, 3.63) is 135 Å². The van der Waals surface area contributed by atoms with Gasteiger partial charge in [-0.3, -0.25) is 9.59 Å². The molecule has 7 nitrogen and oxygen atoms in total. The lowest BCUT2D eigenvalue weighted by Gasteiger charge is -2.74. The van der Waals surface area contributed by atoms with Gasteiger partial charge >= 0.3 is 5.97 Å². The number of allylic oxidation sites excluding steroid dienone is 9. The average Bonchev–Trinajstić information content (AvgIpc) is 1.59. The number of dihydropyridines is 1. The van der Waals surface area contributed by atoms with Gasteiger partial charge in [-0.05, 0) is 207 Å². The predicted octanol–water partition coefficient (Wildman–Crippen LogP) is 14.2. The minimum absolute atomic E-state index is 0.0941. The van der Waals surface area contributed by atoms with E-state index in [2.05, 4.69) is 110 Å². The Balaban J connectivity index is 0.993. The molecule has 5 N–H and O–H groups in total. The molecule has 5 fully saturated rings. The topological polar surface area (TPSA) is 119 Å². The number of rotatable bonds is 6. The Labute approximate surface area is 496 Å². The van der Waals surface area contributed by atoms with Gasteiger partial charge in [-0.1, -0.05) is 161 Å². The molecule has 0 saturated heterocycles. The highest BCUT2D eigenvalue weighted by Gasteiger charge is 2.77. The van der Waals surface area contributed by atoms with Gasteiger partial charge in [0.25, 0.3) is 0 Å². The van der Waals surface area contributed by atoms with E-state index < -0.39 is 34.9 Å². The lowest BCUT2D eigenvalue weighted by molar-refractivity contribution is -0.168. The van der Waals surface area contributed by atoms with Gasteiger partial charge in [-0.2, -0.15) is 0 Å². The summed E-state index contributed by atoms with van der Waals surface area (Å²) in [6.07, 6.45) is 38.0. The van der Waals surface area contributed by atoms with Crippen LogP contribution >= 0.6 is 0 Å². The molecule has 13 atom stereocenters. The number of Topliss-reactive ketones (excluding diaryl/α,β-unsaturated/α-hetero) is 1. The Morgan fingerprint density at radius 1 is 0.819 bits per heavy atom. The van der Waals surface area contributed by atoms with Crippen LogP contribution in [0.25, 0.3) is 17.2 Å². The third kappa shape index (κ3) is 8.86. The number of hydrogen-bond acceptors (Lipinski definition) is 6. The number of ketones is 1. The van der Waals surface area contributed by atoms with Crippen molar-refractivity contribution < 1.29 is 24.9 Å². The fourth-order valence-corrected chi connectivity index (χ4v) is 22.9. The number of hydrogen-bond donors (Lipinski definition) is 5. The lowest BCUT2D eigenvalue weighted by atomic mass is 9.29. The quantitative estimate of drug-likeness (QED) is 0.183. The molecular formula is C76H98N2O5. The van der Waals surface area contributed by atoms with Crippen LogP contribution in [0, 0.1) is 80.3 Å². The summed E-state index contributed by atoms with van der Waals surface area (Å²) in [7, 11) is 0. The zero-order valence-electron chi connectivity index (χ0n) is 50.7. The van der Waals surface area contributed by atoms with E-state index in [1.807, 2.05) is 0 Å². The van der Waals surface area contributed by atoms with E-state index in [1.165, 1.54) is 95.2 Å². The summed E-state index contributed by atoms with van der Waals surface area (Å²) in [6.45, 7) is 14.0. The van der Waals surface area contributed by atoms with Crippen LogP contribution in [0.5, 0.6) is 0 Å². The molecular weight excluding hydrogens is 1020 g/mol. The van der Waals surface area contributed by atoms with Gasteiger partial charge in [0.2, 0.25) is 0 Å². The SMILES string of the molecule is C=C1CCC(C(=O)O)C2C(O)CC3(C4CCCCC4)C4=C(CCC23C)C23CCC(O)C5(C)CC=C(CC(C)C6CCC(=O)CC6)C(C=C6C(=c7ccccc7=CC62)Cc2cccc(c2)C2=CC=C(NCCCC1C1CCCCC1)NC2)(C4)C53. The zero-order chi connectivity index (χ0) is 57.0. The first-order valence-corrected chi connectivity index (χ1v) is 33.9. The molecule has 6 heterocycles. The van der Waals surface area contributed by atoms with Crippen LogP contribution in [-0.2, 0) is 16.0 Å². The monoisotopic (exact) mass is 1120 g/mol. The van der Waals surface area contributed by atoms with E-state index in [0.717, 1.165) is 109 Å². The predicted molar refractivity (Wildman–Crippen MR) is 333 cm³/mol. The first kappa shape index (κ1) is 56.1. The highest BCUT2D eigenvalue weighted by atomic mass is 16.4. The molecule has 7 heteroatoms. The van der Waals surface area contributed by atoms with Crippen molar-refractivity contribution in [2.45, 2.75) is 206 Å². The van der Waals surface area contributed by atoms with E-state index in [1.54, 1.807) is 16.7 Å². The molecule has 2 aromatic rings. The summed E-state index contributed by atoms with van der Waals surface area (Å²) in [5, 5.41) is 48.5. The van der Waals surface area contributed by atoms with Gasteiger partial charge in [-0.15, -0.1) is 0 Å². The van der Waals surface area contributed by atoms with E-state index in [9.17, 15) is 24.9 Å². The number of aliphatic hydroxyl groups is 2. The molecule has 6 aliphatic heterocycles. The summed E-state index contributed by atoms with van der Waals surface area (Å²) < 4.78 is 0. The molecule has 0 aromatic heterocycles. The number of carboxylic acids is 1. The van der Waals surface area contributed by atoms with Crippen molar-refractivity contribution in [2.75, 3.05) is 13.1 Å². The van der Waals surface area contributed by atoms with Crippen LogP contribution in [0.3, 0.4) is 0 Å². The van der Waals surface area contributed by atoms with Crippen molar-refractivity contribution in [1.29, 1.82) is 0 Å². The van der Waals surface area contributed by atoms with Gasteiger partial charge < -0.3 is 26.0 Å². The lowest BCUT2D eigenvalue weighted by Crippen LogP contribution is -2.69. The summed E-state index contributed by atoms with van der Waals surface area (Å²) in [6, 6.07) is 18.7. The number of carboxylic acid groups (broad SMARTS) is 1. The largest absolute Gasteiger partial charge is 0.481 e. The van der Waals surface area contributed by atoms with E-state index in [0.29, 0.717) is 67.5 Å². The molecule has 10 aliphatic carbocycles. The van der Waals surface area contributed by atoms with Gasteiger partial charge in [0.1, 0.15) is 5.78 Å². The smallest absolute Gasteiger partial charge is 0.306 e. The normalized spacial score (nSPS) is 38.9. The van der Waals surface area contributed by atoms with Crippen LogP contribution in [0.1, 0.15) is 199 Å². The molecule has 0 amide bonds. The number of carbonyl (C=O) groups is 2. The molecule has 13 unspecified atom stereocenters. The van der Waals surface area contributed by atoms with E-state index in [-0.39, 0.29) is 34.0 Å². The average molecular weight is 1120 g/mol. The Kier molecular flexibility index (Phi) is 14.6. The van der Waals surface area contributed by atoms with Gasteiger partial charge in [-0.25, -0.2) is 0 Å². The molecule has 442 valence electrons. The number of aliphatic carboxylic acids is 1. The highest BCUT2D eigenvalue weighted by Crippen LogP contribution is 2.83. The van der Waals surface area contributed by atoms with Gasteiger partial charge in [0.05, 0.1) is 23.9 Å². The molecule has 5 saturated carbocycles. The maximum atomic E-state index is 14.5. The Morgan fingerprint density at radius 3 is 2.37 bits per heavy atom.